The molecule has 0 fully saturated rings. The Hall–Kier alpha value is -6.26. The third-order valence-corrected chi connectivity index (χ3v) is 8.34. The number of carbonyl (C=O) groups is 2. The van der Waals surface area contributed by atoms with Crippen LogP contribution in [0.25, 0.3) is 0 Å². The van der Waals surface area contributed by atoms with Gasteiger partial charge in [0.2, 0.25) is 21.7 Å². The standard InChI is InChI=1S/C16H15FN6O4S.C11H15FN2O2.C5HClN4O2S.C4HCl2N3O2.C2H6O.CHNS.K/c1-16(2,3)27-15(24)21-10-5-4-9(17)6-11(10)20-14-19-7-12(23(25)26)13(22-14)28-8-18;1-11(2,3)16-10(15)14-9-5-4-7(12)6-8(9)13;6-5-8-1-3(10(11)12)4(9-5)13-2-7;5-3-2(9(10)11)1-7-4(6)8-3;1-2-3;2-1-3;/h4-7H,1-3H3,(H,21,24)(H,19,20,22);4-6H,13H2,1-3H3,(H,14,15);1H;1H;3H,2H2,1H3;3H;/q;;;;;;+1/p-1. The van der Waals surface area contributed by atoms with Gasteiger partial charge in [0.25, 0.3) is 0 Å². The molecule has 3 aromatic heterocycles. The Morgan fingerprint density at radius 1 is 0.733 bits per heavy atom. The van der Waals surface area contributed by atoms with Crippen molar-refractivity contribution in [3.05, 3.63) is 113 Å². The summed E-state index contributed by atoms with van der Waals surface area (Å²) in [6.45, 7) is 12.3. The quantitative estimate of drug-likeness (QED) is 0.0111. The molecule has 6 N–H and O–H groups in total. The van der Waals surface area contributed by atoms with E-state index in [0.717, 1.165) is 36.8 Å². The van der Waals surface area contributed by atoms with Gasteiger partial charge in [-0.25, -0.2) is 43.6 Å². The first-order chi connectivity index (χ1) is 34.4. The van der Waals surface area contributed by atoms with Gasteiger partial charge in [0.05, 0.1) is 37.5 Å². The van der Waals surface area contributed by atoms with Crippen molar-refractivity contribution in [1.82, 2.24) is 29.9 Å². The zero-order valence-corrected chi connectivity index (χ0v) is 47.8. The second kappa shape index (κ2) is 35.8. The molecule has 0 aliphatic rings. The molecule has 5 rings (SSSR count). The van der Waals surface area contributed by atoms with Crippen LogP contribution in [0.3, 0.4) is 0 Å². The fourth-order valence-electron chi connectivity index (χ4n) is 4.03. The number of thioether (sulfide) groups is 2. The monoisotopic (exact) mass is 1180 g/mol. The normalized spacial score (nSPS) is 9.68. The molecule has 27 nitrogen and oxygen atoms in total. The Morgan fingerprint density at radius 2 is 1.12 bits per heavy atom. The summed E-state index contributed by atoms with van der Waals surface area (Å²) in [5.41, 5.74) is 3.84. The van der Waals surface area contributed by atoms with Crippen molar-refractivity contribution >= 4 is 129 Å². The number of hydrogen-bond acceptors (Lipinski definition) is 25. The molecular formula is C39H38Cl3F2KN16O11S3. The Morgan fingerprint density at radius 3 is 1.53 bits per heavy atom. The molecule has 2 amide bonds. The number of nitrogens with zero attached hydrogens (tertiary/aromatic N) is 12. The van der Waals surface area contributed by atoms with E-state index in [4.69, 9.17) is 70.9 Å². The smallest absolute Gasteiger partial charge is 0.696 e. The summed E-state index contributed by atoms with van der Waals surface area (Å²) >= 11 is 20.8. The average Bonchev–Trinajstić information content (AvgIpc) is 3.26. The third-order valence-electron chi connectivity index (χ3n) is 6.52. The van der Waals surface area contributed by atoms with E-state index >= 15 is 0 Å². The van der Waals surface area contributed by atoms with Crippen LogP contribution < -0.4 is 73.1 Å². The molecule has 0 aliphatic heterocycles. The number of nitrogens with two attached hydrogens (primary N) is 1. The van der Waals surface area contributed by atoms with Crippen LogP contribution in [0.5, 0.6) is 0 Å². The van der Waals surface area contributed by atoms with Crippen LogP contribution >= 0.6 is 58.3 Å². The molecule has 3 heterocycles. The third kappa shape index (κ3) is 30.0. The van der Waals surface area contributed by atoms with Crippen molar-refractivity contribution in [3.63, 3.8) is 0 Å². The van der Waals surface area contributed by atoms with Crippen LogP contribution in [0.1, 0.15) is 48.5 Å². The summed E-state index contributed by atoms with van der Waals surface area (Å²) in [4.78, 5) is 74.2. The van der Waals surface area contributed by atoms with Gasteiger partial charge >= 0.3 is 80.6 Å². The van der Waals surface area contributed by atoms with Gasteiger partial charge in [0.1, 0.15) is 52.2 Å². The number of nitriles is 3. The summed E-state index contributed by atoms with van der Waals surface area (Å²) in [6.07, 6.45) is 1.47. The van der Waals surface area contributed by atoms with Crippen LogP contribution in [0.4, 0.5) is 64.1 Å². The minimum absolute atomic E-state index is 0. The van der Waals surface area contributed by atoms with E-state index in [1.807, 2.05) is 0 Å². The number of thiocyanates is 3. The molecule has 0 spiro atoms. The fraction of sp³-hybridized carbons (Fsp3) is 0.256. The van der Waals surface area contributed by atoms with Crippen LogP contribution in [0.2, 0.25) is 15.7 Å². The summed E-state index contributed by atoms with van der Waals surface area (Å²) in [7, 11) is 0. The minimum Gasteiger partial charge on any atom is -0.696 e. The molecule has 0 saturated heterocycles. The number of amides is 2. The zero-order chi connectivity index (χ0) is 56.9. The van der Waals surface area contributed by atoms with Gasteiger partial charge in [-0.3, -0.25) is 41.0 Å². The Labute approximate surface area is 496 Å². The molecule has 0 aliphatic carbocycles. The first-order valence-corrected chi connectivity index (χ1v) is 22.5. The van der Waals surface area contributed by atoms with E-state index < -0.39 is 55.5 Å². The van der Waals surface area contributed by atoms with Crippen molar-refractivity contribution in [3.8, 4) is 16.2 Å². The number of halogens is 5. The number of aromatic nitrogens is 6. The number of nitro groups is 3. The number of anilines is 5. The zero-order valence-electron chi connectivity index (χ0n) is 40.0. The summed E-state index contributed by atoms with van der Waals surface area (Å²) in [6, 6.07) is 7.24. The van der Waals surface area contributed by atoms with Gasteiger partial charge in [0.15, 0.2) is 10.1 Å². The Bertz CT molecular complexity index is 2900. The molecule has 394 valence electrons. The number of aliphatic hydroxyl groups is 1. The molecule has 0 bridgehead atoms. The van der Waals surface area contributed by atoms with E-state index in [1.165, 1.54) is 23.6 Å². The van der Waals surface area contributed by atoms with Crippen molar-refractivity contribution in [2.24, 2.45) is 0 Å². The predicted molar refractivity (Wildman–Crippen MR) is 270 cm³/mol. The van der Waals surface area contributed by atoms with Gasteiger partial charge in [-0.15, -0.1) is 0 Å². The second-order valence-electron chi connectivity index (χ2n) is 14.4. The maximum atomic E-state index is 13.7. The molecule has 0 saturated carbocycles. The van der Waals surface area contributed by atoms with Crippen molar-refractivity contribution in [2.45, 2.75) is 69.7 Å². The van der Waals surface area contributed by atoms with Gasteiger partial charge < -0.3 is 38.3 Å². The Kier molecular flexibility index (Phi) is 33.8. The predicted octanol–water partition coefficient (Wildman–Crippen LogP) is 7.26. The van der Waals surface area contributed by atoms with Gasteiger partial charge in [0, 0.05) is 30.1 Å². The van der Waals surface area contributed by atoms with Crippen LogP contribution in [-0.2, 0) is 22.1 Å². The first-order valence-electron chi connectivity index (χ1n) is 19.3. The van der Waals surface area contributed by atoms with Crippen molar-refractivity contribution in [2.75, 3.05) is 28.3 Å². The fourth-order valence-corrected chi connectivity index (χ4v) is 5.49. The second-order valence-corrected chi connectivity index (χ2v) is 17.2. The van der Waals surface area contributed by atoms with E-state index in [9.17, 15) is 48.7 Å². The first kappa shape index (κ1) is 70.8. The molecule has 5 aromatic rings. The van der Waals surface area contributed by atoms with Crippen LogP contribution in [0.15, 0.2) is 65.0 Å². The topological polar surface area (TPSA) is 413 Å². The number of aliphatic hydroxyl groups excluding tert-OH is 1. The van der Waals surface area contributed by atoms with Crippen molar-refractivity contribution < 1.29 is 99.1 Å². The minimum atomic E-state index is -0.757. The Balaban J connectivity index is 0. The SMILES string of the molecule is CC(C)(C)OC(=O)Nc1ccc(F)cc1N.CC(C)(C)OC(=O)Nc1ccc(F)cc1Nc1ncc([N+](=O)[O-])c(SC#N)n1.CCO.N#CSc1nc(Cl)ncc1[N+](=O)[O-].N#C[S-].O=[N+]([O-])c1cnc(Cl)nc1Cl.[K+]. The van der Waals surface area contributed by atoms with Crippen LogP contribution in [-0.4, -0.2) is 79.8 Å². The van der Waals surface area contributed by atoms with E-state index in [0.29, 0.717) is 29.2 Å². The molecule has 0 radical (unpaired) electrons. The summed E-state index contributed by atoms with van der Waals surface area (Å²) in [5, 5.41) is 74.8. The molecule has 36 heteroatoms. The van der Waals surface area contributed by atoms with Gasteiger partial charge in [-0.05, 0) is 108 Å². The van der Waals surface area contributed by atoms with Crippen molar-refractivity contribution in [1.29, 1.82) is 15.8 Å². The van der Waals surface area contributed by atoms with E-state index in [2.05, 4.69) is 58.5 Å². The molecule has 0 unspecified atom stereocenters. The van der Waals surface area contributed by atoms with Gasteiger partial charge in [-0.2, -0.15) is 20.5 Å². The number of ether oxygens (including phenoxy) is 2. The maximum Gasteiger partial charge on any atom is 1.00 e. The van der Waals surface area contributed by atoms with E-state index in [-0.39, 0.29) is 118 Å². The van der Waals surface area contributed by atoms with Crippen LogP contribution in [0, 0.1) is 74.0 Å². The largest absolute Gasteiger partial charge is 1.00 e. The van der Waals surface area contributed by atoms with E-state index in [1.54, 1.807) is 59.3 Å². The number of benzene rings is 2. The number of rotatable bonds is 9. The molecule has 2 aromatic carbocycles. The number of nitrogen functional groups attached to an aromatic ring is 1. The average molecular weight is 1190 g/mol. The molecular weight excluding hydrogens is 1150 g/mol. The number of nitrogens with one attached hydrogen (secondary N) is 3. The summed E-state index contributed by atoms with van der Waals surface area (Å²) < 4.78 is 36.6. The maximum absolute atomic E-state index is 13.7. The molecule has 0 atom stereocenters. The number of carbonyl (C=O) groups excluding carboxylic acids is 2. The molecule has 75 heavy (non-hydrogen) atoms. The summed E-state index contributed by atoms with van der Waals surface area (Å²) in [5.74, 6) is -1.18. The number of hydrogen-bond donors (Lipinski definition) is 5. The van der Waals surface area contributed by atoms with Gasteiger partial charge in [-0.1, -0.05) is 17.0 Å².